The molecule has 0 saturated carbocycles. The zero-order valence-corrected chi connectivity index (χ0v) is 10.6. The van der Waals surface area contributed by atoms with Crippen LogP contribution in [0.5, 0.6) is 5.75 Å². The Balaban J connectivity index is 2.02. The maximum Gasteiger partial charge on any atom is 0.137 e. The Kier molecular flexibility index (Phi) is 4.15. The van der Waals surface area contributed by atoms with E-state index in [9.17, 15) is 0 Å². The Bertz CT molecular complexity index is 543. The second-order valence-electron chi connectivity index (χ2n) is 3.50. The molecule has 0 aliphatic carbocycles. The number of nitrogens with zero attached hydrogens (tertiary/aromatic N) is 2. The molecule has 0 saturated heterocycles. The van der Waals surface area contributed by atoms with Crippen molar-refractivity contribution < 1.29 is 4.74 Å². The van der Waals surface area contributed by atoms with Gasteiger partial charge in [0.25, 0.3) is 0 Å². The third-order valence-electron chi connectivity index (χ3n) is 2.27. The number of ether oxygens (including phenoxy) is 1. The van der Waals surface area contributed by atoms with E-state index in [4.69, 9.17) is 16.3 Å². The average Bonchev–Trinajstić information content (AvgIpc) is 2.40. The molecule has 0 atom stereocenters. The van der Waals surface area contributed by atoms with Crippen LogP contribution in [0.2, 0.25) is 5.02 Å². The van der Waals surface area contributed by atoms with Crippen molar-refractivity contribution in [3.8, 4) is 5.75 Å². The van der Waals surface area contributed by atoms with Crippen LogP contribution in [0, 0.1) is 0 Å². The molecule has 2 aromatic rings. The van der Waals surface area contributed by atoms with E-state index in [1.54, 1.807) is 37.9 Å². The van der Waals surface area contributed by atoms with Crippen LogP contribution < -0.4 is 10.2 Å². The molecule has 1 aromatic carbocycles. The number of hydrogen-bond donors (Lipinski definition) is 1. The highest BCUT2D eigenvalue weighted by Crippen LogP contribution is 2.27. The Labute approximate surface area is 110 Å². The predicted molar refractivity (Wildman–Crippen MR) is 73.5 cm³/mol. The van der Waals surface area contributed by atoms with E-state index < -0.39 is 0 Å². The number of halogens is 1. The molecule has 0 spiro atoms. The van der Waals surface area contributed by atoms with Crippen LogP contribution in [-0.2, 0) is 0 Å². The highest BCUT2D eigenvalue weighted by atomic mass is 35.5. The summed E-state index contributed by atoms with van der Waals surface area (Å²) in [6.45, 7) is 0. The molecule has 0 aliphatic heterocycles. The number of pyridine rings is 1. The molecule has 92 valence electrons. The molecule has 1 N–H and O–H groups in total. The third-order valence-corrected chi connectivity index (χ3v) is 2.56. The van der Waals surface area contributed by atoms with Gasteiger partial charge in [-0.05, 0) is 35.9 Å². The summed E-state index contributed by atoms with van der Waals surface area (Å²) in [5, 5.41) is 4.65. The van der Waals surface area contributed by atoms with Gasteiger partial charge in [0.05, 0.1) is 24.0 Å². The van der Waals surface area contributed by atoms with Crippen LogP contribution in [0.15, 0.2) is 47.8 Å². The maximum absolute atomic E-state index is 6.00. The van der Waals surface area contributed by atoms with Gasteiger partial charge in [0.15, 0.2) is 0 Å². The smallest absolute Gasteiger partial charge is 0.137 e. The van der Waals surface area contributed by atoms with Crippen molar-refractivity contribution in [3.63, 3.8) is 0 Å². The largest absolute Gasteiger partial charge is 0.495 e. The number of anilines is 1. The van der Waals surface area contributed by atoms with Crippen molar-refractivity contribution in [1.29, 1.82) is 0 Å². The summed E-state index contributed by atoms with van der Waals surface area (Å²) in [6, 6.07) is 9.11. The molecule has 0 fully saturated rings. The van der Waals surface area contributed by atoms with Crippen molar-refractivity contribution in [2.45, 2.75) is 0 Å². The summed E-state index contributed by atoms with van der Waals surface area (Å²) >= 11 is 6.00. The summed E-state index contributed by atoms with van der Waals surface area (Å²) in [5.74, 6) is 0.639. The van der Waals surface area contributed by atoms with Crippen LogP contribution in [0.3, 0.4) is 0 Å². The van der Waals surface area contributed by atoms with Gasteiger partial charge in [-0.25, -0.2) is 0 Å². The van der Waals surface area contributed by atoms with E-state index in [1.165, 1.54) is 0 Å². The number of benzene rings is 1. The molecule has 0 unspecified atom stereocenters. The SMILES string of the molecule is COc1ccc(N/N=C/c2ccncc2)cc1Cl. The van der Waals surface area contributed by atoms with Crippen molar-refractivity contribution in [3.05, 3.63) is 53.3 Å². The lowest BCUT2D eigenvalue weighted by Crippen LogP contribution is -1.91. The minimum Gasteiger partial charge on any atom is -0.495 e. The molecular formula is C13H12ClN3O. The summed E-state index contributed by atoms with van der Waals surface area (Å²) in [6.07, 6.45) is 5.14. The molecule has 4 nitrogen and oxygen atoms in total. The molecule has 0 aliphatic rings. The highest BCUT2D eigenvalue weighted by molar-refractivity contribution is 6.32. The van der Waals surface area contributed by atoms with Crippen LogP contribution in [0.1, 0.15) is 5.56 Å². The van der Waals surface area contributed by atoms with Gasteiger partial charge in [-0.15, -0.1) is 0 Å². The average molecular weight is 262 g/mol. The highest BCUT2D eigenvalue weighted by Gasteiger charge is 2.00. The number of methoxy groups -OCH3 is 1. The minimum absolute atomic E-state index is 0.543. The number of hydrogen-bond acceptors (Lipinski definition) is 4. The lowest BCUT2D eigenvalue weighted by Gasteiger charge is -2.05. The molecule has 0 bridgehead atoms. The Morgan fingerprint density at radius 2 is 2.06 bits per heavy atom. The van der Waals surface area contributed by atoms with Gasteiger partial charge >= 0.3 is 0 Å². The summed E-state index contributed by atoms with van der Waals surface area (Å²) < 4.78 is 5.07. The summed E-state index contributed by atoms with van der Waals surface area (Å²) in [7, 11) is 1.58. The quantitative estimate of drug-likeness (QED) is 0.679. The molecular weight excluding hydrogens is 250 g/mol. The Morgan fingerprint density at radius 1 is 1.28 bits per heavy atom. The van der Waals surface area contributed by atoms with Crippen LogP contribution in [-0.4, -0.2) is 18.3 Å². The molecule has 1 heterocycles. The molecule has 0 radical (unpaired) electrons. The van der Waals surface area contributed by atoms with Crippen molar-refractivity contribution in [2.75, 3.05) is 12.5 Å². The zero-order chi connectivity index (χ0) is 12.8. The van der Waals surface area contributed by atoms with E-state index in [2.05, 4.69) is 15.5 Å². The molecule has 18 heavy (non-hydrogen) atoms. The number of aromatic nitrogens is 1. The first kappa shape index (κ1) is 12.4. The topological polar surface area (TPSA) is 46.5 Å². The minimum atomic E-state index is 0.543. The zero-order valence-electron chi connectivity index (χ0n) is 9.80. The molecule has 0 amide bonds. The van der Waals surface area contributed by atoms with E-state index in [-0.39, 0.29) is 0 Å². The first-order valence-corrected chi connectivity index (χ1v) is 5.70. The summed E-state index contributed by atoms with van der Waals surface area (Å²) in [5.41, 5.74) is 4.66. The van der Waals surface area contributed by atoms with Gasteiger partial charge in [-0.2, -0.15) is 5.10 Å². The Morgan fingerprint density at radius 3 is 2.72 bits per heavy atom. The van der Waals surface area contributed by atoms with Crippen LogP contribution in [0.4, 0.5) is 5.69 Å². The van der Waals surface area contributed by atoms with Gasteiger partial charge in [-0.1, -0.05) is 11.6 Å². The van der Waals surface area contributed by atoms with Gasteiger partial charge in [0, 0.05) is 12.4 Å². The van der Waals surface area contributed by atoms with E-state index >= 15 is 0 Å². The lowest BCUT2D eigenvalue weighted by molar-refractivity contribution is 0.415. The second kappa shape index (κ2) is 6.02. The van der Waals surface area contributed by atoms with Crippen molar-refractivity contribution >= 4 is 23.5 Å². The maximum atomic E-state index is 6.00. The fourth-order valence-corrected chi connectivity index (χ4v) is 1.62. The van der Waals surface area contributed by atoms with Gasteiger partial charge in [0.1, 0.15) is 5.75 Å². The van der Waals surface area contributed by atoms with Crippen molar-refractivity contribution in [2.24, 2.45) is 5.10 Å². The fraction of sp³-hybridized carbons (Fsp3) is 0.0769. The van der Waals surface area contributed by atoms with Gasteiger partial charge in [-0.3, -0.25) is 10.4 Å². The van der Waals surface area contributed by atoms with Crippen LogP contribution in [0.25, 0.3) is 0 Å². The van der Waals surface area contributed by atoms with E-state index in [0.717, 1.165) is 11.3 Å². The van der Waals surface area contributed by atoms with Crippen LogP contribution >= 0.6 is 11.6 Å². The van der Waals surface area contributed by atoms with E-state index in [1.807, 2.05) is 18.2 Å². The molecule has 1 aromatic heterocycles. The van der Waals surface area contributed by atoms with E-state index in [0.29, 0.717) is 10.8 Å². The van der Waals surface area contributed by atoms with Crippen molar-refractivity contribution in [1.82, 2.24) is 4.98 Å². The monoisotopic (exact) mass is 261 g/mol. The fourth-order valence-electron chi connectivity index (χ4n) is 1.37. The number of nitrogens with one attached hydrogen (secondary N) is 1. The second-order valence-corrected chi connectivity index (χ2v) is 3.91. The predicted octanol–water partition coefficient (Wildman–Crippen LogP) is 3.19. The number of hydrazone groups is 1. The number of rotatable bonds is 4. The third kappa shape index (κ3) is 3.21. The van der Waals surface area contributed by atoms with Gasteiger partial charge in [0.2, 0.25) is 0 Å². The first-order chi connectivity index (χ1) is 8.79. The summed E-state index contributed by atoms with van der Waals surface area (Å²) in [4.78, 5) is 3.93. The Hall–Kier alpha value is -2.07. The van der Waals surface area contributed by atoms with Gasteiger partial charge < -0.3 is 4.74 Å². The molecule has 5 heteroatoms. The normalized spacial score (nSPS) is 10.6. The lowest BCUT2D eigenvalue weighted by atomic mass is 10.3. The first-order valence-electron chi connectivity index (χ1n) is 5.32. The molecule has 2 rings (SSSR count). The standard InChI is InChI=1S/C13H12ClN3O/c1-18-13-3-2-11(8-12(13)14)17-16-9-10-4-6-15-7-5-10/h2-9,17H,1H3/b16-9+.